The first-order valence-electron chi connectivity index (χ1n) is 5.68. The Morgan fingerprint density at radius 3 is 2.31 bits per heavy atom. The van der Waals surface area contributed by atoms with Gasteiger partial charge in [-0.05, 0) is 20.3 Å². The minimum absolute atomic E-state index is 0.140. The molecule has 0 aliphatic carbocycles. The fourth-order valence-electron chi connectivity index (χ4n) is 1.51. The minimum Gasteiger partial charge on any atom is -0.466 e. The molecule has 0 rings (SSSR count). The van der Waals surface area contributed by atoms with Crippen LogP contribution in [0.15, 0.2) is 0 Å². The maximum atomic E-state index is 11.2. The zero-order chi connectivity index (χ0) is 12.6. The van der Waals surface area contributed by atoms with E-state index < -0.39 is 5.54 Å². The van der Waals surface area contributed by atoms with Crippen molar-refractivity contribution in [3.8, 4) is 0 Å². The van der Waals surface area contributed by atoms with Crippen LogP contribution in [0.1, 0.15) is 33.6 Å². The highest BCUT2D eigenvalue weighted by Gasteiger charge is 2.28. The van der Waals surface area contributed by atoms with E-state index in [1.807, 2.05) is 13.8 Å². The van der Waals surface area contributed by atoms with Crippen LogP contribution in [0, 0.1) is 0 Å². The third kappa shape index (κ3) is 4.92. The number of hydrogen-bond donors (Lipinski definition) is 3. The van der Waals surface area contributed by atoms with E-state index in [-0.39, 0.29) is 31.6 Å². The highest BCUT2D eigenvalue weighted by atomic mass is 16.5. The highest BCUT2D eigenvalue weighted by molar-refractivity contribution is 5.70. The van der Waals surface area contributed by atoms with E-state index in [4.69, 9.17) is 4.74 Å². The zero-order valence-electron chi connectivity index (χ0n) is 10.3. The van der Waals surface area contributed by atoms with Gasteiger partial charge >= 0.3 is 5.97 Å². The van der Waals surface area contributed by atoms with Crippen molar-refractivity contribution in [3.05, 3.63) is 0 Å². The van der Waals surface area contributed by atoms with Gasteiger partial charge in [0, 0.05) is 6.04 Å². The average molecular weight is 233 g/mol. The molecule has 0 aromatic heterocycles. The first-order chi connectivity index (χ1) is 7.53. The van der Waals surface area contributed by atoms with Crippen LogP contribution in [0.3, 0.4) is 0 Å². The van der Waals surface area contributed by atoms with Crippen molar-refractivity contribution >= 4 is 5.97 Å². The molecule has 0 bridgehead atoms. The molecule has 96 valence electrons. The number of carbonyl (C=O) groups is 1. The van der Waals surface area contributed by atoms with Crippen LogP contribution in [0.25, 0.3) is 0 Å². The molecule has 0 spiro atoms. The summed E-state index contributed by atoms with van der Waals surface area (Å²) >= 11 is 0. The lowest BCUT2D eigenvalue weighted by Gasteiger charge is -2.33. The number of nitrogens with one attached hydrogen (secondary N) is 1. The van der Waals surface area contributed by atoms with Crippen LogP contribution < -0.4 is 5.32 Å². The van der Waals surface area contributed by atoms with Gasteiger partial charge in [0.1, 0.15) is 0 Å². The molecule has 0 aliphatic heterocycles. The highest BCUT2D eigenvalue weighted by Crippen LogP contribution is 2.11. The number of ether oxygens (including phenoxy) is 1. The molecule has 0 aliphatic rings. The molecule has 0 saturated carbocycles. The van der Waals surface area contributed by atoms with Crippen molar-refractivity contribution in [1.29, 1.82) is 0 Å². The Morgan fingerprint density at radius 1 is 1.38 bits per heavy atom. The van der Waals surface area contributed by atoms with Crippen LogP contribution in [0.4, 0.5) is 0 Å². The quantitative estimate of drug-likeness (QED) is 0.516. The van der Waals surface area contributed by atoms with Gasteiger partial charge in [0.15, 0.2) is 0 Å². The lowest BCUT2D eigenvalue weighted by Crippen LogP contribution is -2.55. The van der Waals surface area contributed by atoms with Gasteiger partial charge in [-0.15, -0.1) is 0 Å². The van der Waals surface area contributed by atoms with Gasteiger partial charge in [-0.2, -0.15) is 0 Å². The van der Waals surface area contributed by atoms with Gasteiger partial charge in [-0.3, -0.25) is 4.79 Å². The second-order valence-electron chi connectivity index (χ2n) is 4.00. The normalized spacial score (nSPS) is 13.6. The fraction of sp³-hybridized carbons (Fsp3) is 0.909. The molecule has 5 nitrogen and oxygen atoms in total. The largest absolute Gasteiger partial charge is 0.466 e. The molecule has 16 heavy (non-hydrogen) atoms. The van der Waals surface area contributed by atoms with Gasteiger partial charge in [0.2, 0.25) is 0 Å². The van der Waals surface area contributed by atoms with E-state index in [1.165, 1.54) is 0 Å². The molecular weight excluding hydrogens is 210 g/mol. The summed E-state index contributed by atoms with van der Waals surface area (Å²) < 4.78 is 4.82. The molecule has 0 amide bonds. The molecule has 0 aromatic rings. The first kappa shape index (κ1) is 15.3. The van der Waals surface area contributed by atoms with E-state index in [1.54, 1.807) is 6.92 Å². The lowest BCUT2D eigenvalue weighted by atomic mass is 9.96. The van der Waals surface area contributed by atoms with Gasteiger partial charge in [0.05, 0.1) is 31.8 Å². The molecule has 3 N–H and O–H groups in total. The molecule has 1 unspecified atom stereocenters. The van der Waals surface area contributed by atoms with E-state index in [0.29, 0.717) is 13.0 Å². The Kier molecular flexibility index (Phi) is 7.29. The van der Waals surface area contributed by atoms with Gasteiger partial charge in [-0.25, -0.2) is 0 Å². The van der Waals surface area contributed by atoms with Crippen LogP contribution in [-0.2, 0) is 9.53 Å². The Hall–Kier alpha value is -0.650. The van der Waals surface area contributed by atoms with Crippen molar-refractivity contribution in [1.82, 2.24) is 5.32 Å². The van der Waals surface area contributed by atoms with Gasteiger partial charge in [-0.1, -0.05) is 6.92 Å². The number of aliphatic hydroxyl groups excluding tert-OH is 2. The monoisotopic (exact) mass is 233 g/mol. The summed E-state index contributed by atoms with van der Waals surface area (Å²) in [6.07, 6.45) is 0.822. The molecular formula is C11H23NO4. The van der Waals surface area contributed by atoms with Crippen molar-refractivity contribution in [2.24, 2.45) is 0 Å². The van der Waals surface area contributed by atoms with Crippen LogP contribution >= 0.6 is 0 Å². The van der Waals surface area contributed by atoms with Crippen molar-refractivity contribution in [2.75, 3.05) is 19.8 Å². The number of hydrogen-bond acceptors (Lipinski definition) is 5. The molecule has 0 fully saturated rings. The molecule has 0 heterocycles. The third-order valence-corrected chi connectivity index (χ3v) is 2.61. The van der Waals surface area contributed by atoms with Crippen LogP contribution in [0.2, 0.25) is 0 Å². The average Bonchev–Trinajstić information content (AvgIpc) is 2.26. The second kappa shape index (κ2) is 7.60. The predicted molar refractivity (Wildman–Crippen MR) is 61.0 cm³/mol. The number of carbonyl (C=O) groups excluding carboxylic acids is 1. The number of aliphatic hydroxyl groups is 2. The Balaban J connectivity index is 4.19. The van der Waals surface area contributed by atoms with E-state index in [9.17, 15) is 15.0 Å². The van der Waals surface area contributed by atoms with E-state index in [0.717, 1.165) is 0 Å². The summed E-state index contributed by atoms with van der Waals surface area (Å²) in [5.41, 5.74) is -0.716. The van der Waals surface area contributed by atoms with Gasteiger partial charge < -0.3 is 20.3 Å². The van der Waals surface area contributed by atoms with E-state index >= 15 is 0 Å². The van der Waals surface area contributed by atoms with Crippen LogP contribution in [-0.4, -0.2) is 47.6 Å². The molecule has 1 atom stereocenters. The van der Waals surface area contributed by atoms with Crippen LogP contribution in [0.5, 0.6) is 0 Å². The first-order valence-corrected chi connectivity index (χ1v) is 5.68. The standard InChI is InChI=1S/C11H23NO4/c1-4-11(7-13,8-14)12-9(3)6-10(15)16-5-2/h9,12-14H,4-8H2,1-3H3. The summed E-state index contributed by atoms with van der Waals surface area (Å²) in [5.74, 6) is -0.275. The Bertz CT molecular complexity index is 196. The molecule has 0 saturated heterocycles. The molecule has 5 heteroatoms. The smallest absolute Gasteiger partial charge is 0.307 e. The zero-order valence-corrected chi connectivity index (χ0v) is 10.3. The predicted octanol–water partition coefficient (Wildman–Crippen LogP) is 0.0511. The minimum atomic E-state index is -0.716. The Morgan fingerprint density at radius 2 is 1.94 bits per heavy atom. The summed E-state index contributed by atoms with van der Waals surface area (Å²) in [7, 11) is 0. The maximum absolute atomic E-state index is 11.2. The fourth-order valence-corrected chi connectivity index (χ4v) is 1.51. The van der Waals surface area contributed by atoms with Gasteiger partial charge in [0.25, 0.3) is 0 Å². The lowest BCUT2D eigenvalue weighted by molar-refractivity contribution is -0.143. The van der Waals surface area contributed by atoms with Crippen molar-refractivity contribution in [3.63, 3.8) is 0 Å². The maximum Gasteiger partial charge on any atom is 0.307 e. The molecule has 0 aromatic carbocycles. The Labute approximate surface area is 96.8 Å². The topological polar surface area (TPSA) is 78.8 Å². The number of esters is 1. The van der Waals surface area contributed by atoms with Crippen molar-refractivity contribution < 1.29 is 19.7 Å². The summed E-state index contributed by atoms with van der Waals surface area (Å²) in [6, 6.07) is -0.140. The summed E-state index contributed by atoms with van der Waals surface area (Å²) in [6.45, 7) is 5.50. The number of rotatable bonds is 8. The van der Waals surface area contributed by atoms with Crippen molar-refractivity contribution in [2.45, 2.75) is 45.2 Å². The molecule has 0 radical (unpaired) electrons. The SMILES string of the molecule is CCOC(=O)CC(C)NC(CC)(CO)CO. The summed E-state index contributed by atoms with van der Waals surface area (Å²) in [4.78, 5) is 11.2. The second-order valence-corrected chi connectivity index (χ2v) is 4.00. The summed E-state index contributed by atoms with van der Waals surface area (Å²) in [5, 5.41) is 21.5. The van der Waals surface area contributed by atoms with E-state index in [2.05, 4.69) is 5.32 Å². The third-order valence-electron chi connectivity index (χ3n) is 2.61.